The standard InChI is InChI=1S/C9H8ClNO2/c1-6-7-4-2-3-5-8(7)11(10)9(12)13-6/h2-6H,1H3. The number of carbonyl (C=O) groups is 1. The summed E-state index contributed by atoms with van der Waals surface area (Å²) in [5, 5.41) is 0. The SMILES string of the molecule is CC1OC(=O)N(Cl)c2ccccc21. The highest BCUT2D eigenvalue weighted by molar-refractivity contribution is 6.36. The molecule has 0 saturated carbocycles. The van der Waals surface area contributed by atoms with Crippen LogP contribution in [-0.4, -0.2) is 6.09 Å². The Morgan fingerprint density at radius 1 is 1.46 bits per heavy atom. The summed E-state index contributed by atoms with van der Waals surface area (Å²) in [6, 6.07) is 7.40. The van der Waals surface area contributed by atoms with E-state index in [0.29, 0.717) is 5.69 Å². The molecule has 1 atom stereocenters. The first-order valence-corrected chi connectivity index (χ1v) is 4.29. The van der Waals surface area contributed by atoms with Gasteiger partial charge >= 0.3 is 6.09 Å². The summed E-state index contributed by atoms with van der Waals surface area (Å²) in [5.74, 6) is 0. The van der Waals surface area contributed by atoms with Crippen molar-refractivity contribution in [2.24, 2.45) is 0 Å². The number of nitrogens with zero attached hydrogens (tertiary/aromatic N) is 1. The highest BCUT2D eigenvalue weighted by Gasteiger charge is 2.28. The van der Waals surface area contributed by atoms with Crippen molar-refractivity contribution in [3.8, 4) is 0 Å². The van der Waals surface area contributed by atoms with Crippen molar-refractivity contribution in [2.45, 2.75) is 13.0 Å². The third-order valence-electron chi connectivity index (χ3n) is 2.02. The fourth-order valence-electron chi connectivity index (χ4n) is 1.37. The summed E-state index contributed by atoms with van der Waals surface area (Å²) in [6.07, 6.45) is -0.744. The first kappa shape index (κ1) is 8.38. The molecule has 0 saturated heterocycles. The quantitative estimate of drug-likeness (QED) is 0.599. The van der Waals surface area contributed by atoms with Crippen LogP contribution in [0.3, 0.4) is 0 Å². The topological polar surface area (TPSA) is 29.5 Å². The largest absolute Gasteiger partial charge is 0.440 e. The molecule has 4 heteroatoms. The Kier molecular flexibility index (Phi) is 1.88. The lowest BCUT2D eigenvalue weighted by atomic mass is 10.1. The normalized spacial score (nSPS) is 20.9. The summed E-state index contributed by atoms with van der Waals surface area (Å²) in [4.78, 5) is 11.1. The predicted octanol–water partition coefficient (Wildman–Crippen LogP) is 2.86. The van der Waals surface area contributed by atoms with Crippen molar-refractivity contribution in [1.82, 2.24) is 0 Å². The molecule has 0 aliphatic carbocycles. The smallest absolute Gasteiger partial charge is 0.429 e. The zero-order valence-corrected chi connectivity index (χ0v) is 7.78. The van der Waals surface area contributed by atoms with Crippen molar-refractivity contribution in [2.75, 3.05) is 4.42 Å². The maximum atomic E-state index is 11.1. The Labute approximate surface area is 81.0 Å². The number of halogens is 1. The van der Waals surface area contributed by atoms with Crippen LogP contribution in [0.25, 0.3) is 0 Å². The lowest BCUT2D eigenvalue weighted by Crippen LogP contribution is -2.29. The number of ether oxygens (including phenoxy) is 1. The minimum absolute atomic E-state index is 0.223. The molecular weight excluding hydrogens is 190 g/mol. The molecule has 1 aromatic rings. The van der Waals surface area contributed by atoms with E-state index in [9.17, 15) is 4.79 Å². The summed E-state index contributed by atoms with van der Waals surface area (Å²) in [5.41, 5.74) is 1.63. The van der Waals surface area contributed by atoms with Crippen LogP contribution in [0, 0.1) is 0 Å². The summed E-state index contributed by atoms with van der Waals surface area (Å²) >= 11 is 5.72. The van der Waals surface area contributed by atoms with Crippen molar-refractivity contribution in [1.29, 1.82) is 0 Å². The molecule has 1 aliphatic heterocycles. The molecule has 0 bridgehead atoms. The molecule has 1 unspecified atom stereocenters. The number of rotatable bonds is 0. The van der Waals surface area contributed by atoms with Gasteiger partial charge in [0.25, 0.3) is 0 Å². The van der Waals surface area contributed by atoms with E-state index in [-0.39, 0.29) is 6.10 Å². The highest BCUT2D eigenvalue weighted by atomic mass is 35.5. The average molecular weight is 198 g/mol. The molecule has 2 rings (SSSR count). The minimum Gasteiger partial charge on any atom is -0.440 e. The van der Waals surface area contributed by atoms with E-state index in [0.717, 1.165) is 9.98 Å². The summed E-state index contributed by atoms with van der Waals surface area (Å²) in [6.45, 7) is 1.82. The zero-order valence-electron chi connectivity index (χ0n) is 7.03. The lowest BCUT2D eigenvalue weighted by Gasteiger charge is -2.27. The molecule has 0 N–H and O–H groups in total. The van der Waals surface area contributed by atoms with E-state index < -0.39 is 6.09 Å². The first-order valence-electron chi connectivity index (χ1n) is 3.95. The van der Waals surface area contributed by atoms with E-state index in [4.69, 9.17) is 16.5 Å². The van der Waals surface area contributed by atoms with E-state index in [1.165, 1.54) is 0 Å². The Bertz CT molecular complexity index is 353. The van der Waals surface area contributed by atoms with Crippen LogP contribution in [0.5, 0.6) is 0 Å². The fraction of sp³-hybridized carbons (Fsp3) is 0.222. The van der Waals surface area contributed by atoms with Gasteiger partial charge in [-0.05, 0) is 13.0 Å². The van der Waals surface area contributed by atoms with Crippen molar-refractivity contribution >= 4 is 23.6 Å². The second-order valence-electron chi connectivity index (χ2n) is 2.87. The monoisotopic (exact) mass is 197 g/mol. The molecular formula is C9H8ClNO2. The molecule has 1 heterocycles. The number of amides is 1. The van der Waals surface area contributed by atoms with Crippen molar-refractivity contribution < 1.29 is 9.53 Å². The molecule has 0 spiro atoms. The molecule has 0 radical (unpaired) electrons. The average Bonchev–Trinajstić information content (AvgIpc) is 2.15. The molecule has 0 aromatic heterocycles. The van der Waals surface area contributed by atoms with E-state index >= 15 is 0 Å². The zero-order chi connectivity index (χ0) is 9.42. The Hall–Kier alpha value is -1.22. The number of benzene rings is 1. The van der Waals surface area contributed by atoms with Gasteiger partial charge in [0.05, 0.1) is 5.69 Å². The van der Waals surface area contributed by atoms with Crippen molar-refractivity contribution in [3.05, 3.63) is 29.8 Å². The van der Waals surface area contributed by atoms with Crippen LogP contribution in [0.4, 0.5) is 10.5 Å². The number of carbonyl (C=O) groups excluding carboxylic acids is 1. The third kappa shape index (κ3) is 1.25. The van der Waals surface area contributed by atoms with Crippen LogP contribution < -0.4 is 4.42 Å². The van der Waals surface area contributed by atoms with Gasteiger partial charge in [-0.25, -0.2) is 4.79 Å². The maximum Gasteiger partial charge on any atom is 0.429 e. The molecule has 1 aliphatic rings. The summed E-state index contributed by atoms with van der Waals surface area (Å²) < 4.78 is 5.98. The number of fused-ring (bicyclic) bond motifs is 1. The predicted molar refractivity (Wildman–Crippen MR) is 49.7 cm³/mol. The fourth-order valence-corrected chi connectivity index (χ4v) is 1.56. The van der Waals surface area contributed by atoms with Crippen LogP contribution >= 0.6 is 11.8 Å². The molecule has 1 amide bonds. The first-order chi connectivity index (χ1) is 6.20. The Morgan fingerprint density at radius 3 is 2.92 bits per heavy atom. The van der Waals surface area contributed by atoms with Crippen LogP contribution in [0.15, 0.2) is 24.3 Å². The number of cyclic esters (lactones) is 1. The molecule has 13 heavy (non-hydrogen) atoms. The van der Waals surface area contributed by atoms with Gasteiger partial charge in [-0.1, -0.05) is 18.2 Å². The molecule has 1 aromatic carbocycles. The van der Waals surface area contributed by atoms with Gasteiger partial charge in [0.1, 0.15) is 6.10 Å². The van der Waals surface area contributed by atoms with Gasteiger partial charge in [-0.15, -0.1) is 0 Å². The number of anilines is 1. The van der Waals surface area contributed by atoms with Gasteiger partial charge in [-0.3, -0.25) is 0 Å². The van der Waals surface area contributed by atoms with E-state index in [2.05, 4.69) is 0 Å². The lowest BCUT2D eigenvalue weighted by molar-refractivity contribution is 0.112. The molecule has 0 fully saturated rings. The van der Waals surface area contributed by atoms with Gasteiger partial charge < -0.3 is 4.74 Å². The number of hydrogen-bond acceptors (Lipinski definition) is 2. The van der Waals surface area contributed by atoms with Gasteiger partial charge in [-0.2, -0.15) is 4.42 Å². The second kappa shape index (κ2) is 2.92. The van der Waals surface area contributed by atoms with Crippen molar-refractivity contribution in [3.63, 3.8) is 0 Å². The Balaban J connectivity index is 2.53. The van der Waals surface area contributed by atoms with Crippen LogP contribution in [0.2, 0.25) is 0 Å². The van der Waals surface area contributed by atoms with E-state index in [1.807, 2.05) is 25.1 Å². The summed E-state index contributed by atoms with van der Waals surface area (Å²) in [7, 11) is 0. The second-order valence-corrected chi connectivity index (χ2v) is 3.20. The van der Waals surface area contributed by atoms with Gasteiger partial charge in [0, 0.05) is 17.3 Å². The van der Waals surface area contributed by atoms with Crippen LogP contribution in [0.1, 0.15) is 18.6 Å². The number of para-hydroxylation sites is 1. The maximum absolute atomic E-state index is 11.1. The van der Waals surface area contributed by atoms with Gasteiger partial charge in [0.2, 0.25) is 0 Å². The Morgan fingerprint density at radius 2 is 2.15 bits per heavy atom. The third-order valence-corrected chi connectivity index (χ3v) is 2.34. The van der Waals surface area contributed by atoms with Gasteiger partial charge in [0.15, 0.2) is 0 Å². The van der Waals surface area contributed by atoms with E-state index in [1.54, 1.807) is 6.07 Å². The molecule has 3 nitrogen and oxygen atoms in total. The minimum atomic E-state index is -0.520. The number of hydrogen-bond donors (Lipinski definition) is 0. The van der Waals surface area contributed by atoms with Crippen LogP contribution in [-0.2, 0) is 4.74 Å². The highest BCUT2D eigenvalue weighted by Crippen LogP contribution is 2.34. The molecule has 68 valence electrons.